The monoisotopic (exact) mass is 1170 g/mol. The highest BCUT2D eigenvalue weighted by molar-refractivity contribution is 7.90. The number of ether oxygens (including phenoxy) is 1. The molecule has 0 spiro atoms. The van der Waals surface area contributed by atoms with E-state index in [2.05, 4.69) is 57.6 Å². The first-order valence-electron chi connectivity index (χ1n) is 28.2. The van der Waals surface area contributed by atoms with Crippen LogP contribution in [-0.4, -0.2) is 181 Å². The SMILES string of the molecule is CN1CCN(C2=Nc3ccccc3Oc3ccc(Cl)cc32)CC1.O=C1NCCN1CCN1CCC(c2cn(-c3ccc(F)cc3)c3ccc(Cl)cc23)CC1.O=C1c2ccccc2S(=O)(=O)N1CCCCN1CCN(c2ncccn2)CC1. The summed E-state index contributed by atoms with van der Waals surface area (Å²) < 4.78 is 47.7. The molecule has 0 radical (unpaired) electrons. The van der Waals surface area contributed by atoms with E-state index < -0.39 is 15.9 Å². The van der Waals surface area contributed by atoms with E-state index in [1.165, 1.54) is 29.1 Å². The lowest BCUT2D eigenvalue weighted by molar-refractivity contribution is 0.0868. The fraction of sp³-hybridized carbons (Fsp3) is 0.361. The maximum atomic E-state index is 13.4. The Morgan fingerprint density at radius 2 is 1.35 bits per heavy atom. The van der Waals surface area contributed by atoms with Gasteiger partial charge in [0.1, 0.15) is 28.0 Å². The van der Waals surface area contributed by atoms with Gasteiger partial charge in [-0.05, 0) is 155 Å². The van der Waals surface area contributed by atoms with Crippen molar-refractivity contribution in [1.29, 1.82) is 0 Å². The normalized spacial score (nSPS) is 18.3. The number of likely N-dealkylation sites (N-methyl/N-ethyl adjacent to an activating group) is 1. The average molecular weight is 1170 g/mol. The number of para-hydroxylation sites is 2. The zero-order valence-corrected chi connectivity index (χ0v) is 48.3. The van der Waals surface area contributed by atoms with Crippen molar-refractivity contribution >= 4 is 73.5 Å². The van der Waals surface area contributed by atoms with E-state index in [0.717, 1.165) is 172 Å². The van der Waals surface area contributed by atoms with Gasteiger partial charge in [-0.2, -0.15) is 0 Å². The summed E-state index contributed by atoms with van der Waals surface area (Å²) in [6.45, 7) is 14.0. The first-order valence-corrected chi connectivity index (χ1v) is 30.4. The number of fused-ring (bicyclic) bond motifs is 4. The van der Waals surface area contributed by atoms with Gasteiger partial charge in [0.2, 0.25) is 5.95 Å². The number of urea groups is 1. The van der Waals surface area contributed by atoms with Gasteiger partial charge in [0, 0.05) is 125 Å². The second kappa shape index (κ2) is 25.6. The lowest BCUT2D eigenvalue weighted by Gasteiger charge is -2.34. The van der Waals surface area contributed by atoms with E-state index in [0.29, 0.717) is 17.4 Å². The average Bonchev–Trinajstić information content (AvgIpc) is 4.30. The van der Waals surface area contributed by atoms with Gasteiger partial charge in [-0.15, -0.1) is 0 Å². The molecule has 6 aliphatic rings. The number of nitrogens with zero attached hydrogens (tertiary/aromatic N) is 11. The predicted octanol–water partition coefficient (Wildman–Crippen LogP) is 9.62. The fourth-order valence-electron chi connectivity index (χ4n) is 11.4. The van der Waals surface area contributed by atoms with Gasteiger partial charge in [-0.25, -0.2) is 36.9 Å². The molecule has 0 saturated carbocycles. The summed E-state index contributed by atoms with van der Waals surface area (Å²) in [5.74, 6) is 3.10. The zero-order chi connectivity index (χ0) is 56.7. The Morgan fingerprint density at radius 3 is 2.10 bits per heavy atom. The number of anilines is 1. The standard InChI is InChI=1S/C24H26ClFN4O.C19H23N5O3S.C18H18ClN3O/c25-18-1-6-23-21(15-18)22(16-30(23)20-4-2-19(26)3-5-20)17-7-10-28(11-8-17)13-14-29-12-9-27-24(29)31;25-18-16-6-1-2-7-17(16)28(26,27)24(18)11-4-3-10-22-12-14-23(15-13-22)19-20-8-5-9-21-19;1-21-8-10-22(11-9-21)18-14-12-13(19)6-7-16(14)23-17-5-3-2-4-15(17)20-18/h1-6,15-17H,7-14H2,(H,27,31);1-2,5-9H,3-4,10-15H2;2-7,12H,8-11H2,1H3. The van der Waals surface area contributed by atoms with Crippen LogP contribution in [0.2, 0.25) is 10.0 Å². The number of sulfonamides is 1. The maximum Gasteiger partial charge on any atom is 0.317 e. The quantitative estimate of drug-likeness (QED) is 0.123. The number of nitrogens with one attached hydrogen (secondary N) is 1. The molecule has 13 rings (SSSR count). The Balaban J connectivity index is 0.000000130. The summed E-state index contributed by atoms with van der Waals surface area (Å²) >= 11 is 12.6. The van der Waals surface area contributed by atoms with E-state index >= 15 is 0 Å². The number of likely N-dealkylation sites (tertiary alicyclic amines) is 1. The van der Waals surface area contributed by atoms with Gasteiger partial charge in [0.05, 0.1) is 16.6 Å². The Kier molecular flexibility index (Phi) is 17.7. The maximum absolute atomic E-state index is 13.4. The van der Waals surface area contributed by atoms with Crippen LogP contribution in [0.4, 0.5) is 20.8 Å². The molecule has 1 N–H and O–H groups in total. The predicted molar refractivity (Wildman–Crippen MR) is 319 cm³/mol. The Morgan fingerprint density at radius 1 is 0.671 bits per heavy atom. The van der Waals surface area contributed by atoms with Crippen molar-refractivity contribution in [1.82, 2.24) is 48.7 Å². The van der Waals surface area contributed by atoms with Crippen molar-refractivity contribution in [2.75, 3.05) is 117 Å². The third kappa shape index (κ3) is 12.9. The van der Waals surface area contributed by atoms with Crippen LogP contribution in [0.15, 0.2) is 144 Å². The molecule has 4 fully saturated rings. The van der Waals surface area contributed by atoms with E-state index in [4.69, 9.17) is 32.9 Å². The molecule has 21 heteroatoms. The third-order valence-corrected chi connectivity index (χ3v) is 18.4. The summed E-state index contributed by atoms with van der Waals surface area (Å²) in [6, 6.07) is 34.5. The molecule has 6 aliphatic heterocycles. The molecule has 17 nitrogen and oxygen atoms in total. The van der Waals surface area contributed by atoms with E-state index in [1.54, 1.807) is 30.6 Å². The summed E-state index contributed by atoms with van der Waals surface area (Å²) in [5.41, 5.74) is 5.43. The second-order valence-electron chi connectivity index (χ2n) is 21.3. The van der Waals surface area contributed by atoms with Crippen molar-refractivity contribution in [3.05, 3.63) is 166 Å². The highest BCUT2D eigenvalue weighted by Gasteiger charge is 2.40. The Labute approximate surface area is 488 Å². The molecule has 428 valence electrons. The first-order chi connectivity index (χ1) is 39.9. The smallest absolute Gasteiger partial charge is 0.317 e. The number of piperidine rings is 1. The number of carbonyl (C=O) groups is 2. The molecule has 0 bridgehead atoms. The number of hydrogen-bond donors (Lipinski definition) is 1. The third-order valence-electron chi connectivity index (χ3n) is 16.1. The zero-order valence-electron chi connectivity index (χ0n) is 45.9. The van der Waals surface area contributed by atoms with E-state index in [1.807, 2.05) is 83.8 Å². The molecular weight excluding hydrogens is 1100 g/mol. The molecule has 2 aromatic heterocycles. The molecule has 0 unspecified atom stereocenters. The molecule has 7 aromatic rings. The van der Waals surface area contributed by atoms with Gasteiger partial charge in [0.25, 0.3) is 15.9 Å². The molecule has 5 aromatic carbocycles. The van der Waals surface area contributed by atoms with Crippen LogP contribution < -0.4 is 15.0 Å². The van der Waals surface area contributed by atoms with Crippen LogP contribution in [0.1, 0.15) is 53.1 Å². The number of amidine groups is 1. The van der Waals surface area contributed by atoms with Crippen LogP contribution >= 0.6 is 23.2 Å². The number of amides is 3. The molecule has 8 heterocycles. The molecule has 4 saturated heterocycles. The Hall–Kier alpha value is -7.13. The molecule has 0 aliphatic carbocycles. The molecule has 3 amide bonds. The number of carbonyl (C=O) groups excluding carboxylic acids is 2. The van der Waals surface area contributed by atoms with Crippen molar-refractivity contribution < 1.29 is 27.1 Å². The topological polar surface area (TPSA) is 155 Å². The van der Waals surface area contributed by atoms with Gasteiger partial charge in [-0.3, -0.25) is 9.69 Å². The lowest BCUT2D eigenvalue weighted by Crippen LogP contribution is -2.47. The highest BCUT2D eigenvalue weighted by atomic mass is 35.5. The first kappa shape index (κ1) is 56.7. The highest BCUT2D eigenvalue weighted by Crippen LogP contribution is 2.40. The number of benzene rings is 5. The molecule has 82 heavy (non-hydrogen) atoms. The van der Waals surface area contributed by atoms with Crippen LogP contribution in [-0.2, 0) is 10.0 Å². The number of piperazine rings is 2. The fourth-order valence-corrected chi connectivity index (χ4v) is 13.4. The van der Waals surface area contributed by atoms with Crippen molar-refractivity contribution in [2.45, 2.75) is 36.5 Å². The lowest BCUT2D eigenvalue weighted by atomic mass is 9.89. The van der Waals surface area contributed by atoms with Gasteiger partial charge in [-0.1, -0.05) is 47.5 Å². The minimum atomic E-state index is -3.69. The minimum Gasteiger partial charge on any atom is -0.454 e. The van der Waals surface area contributed by atoms with Gasteiger partial charge >= 0.3 is 6.03 Å². The second-order valence-corrected chi connectivity index (χ2v) is 24.0. The van der Waals surface area contributed by atoms with Gasteiger partial charge in [0.15, 0.2) is 5.75 Å². The van der Waals surface area contributed by atoms with E-state index in [9.17, 15) is 22.4 Å². The number of hydrogen-bond acceptors (Lipinski definition) is 13. The van der Waals surface area contributed by atoms with Crippen molar-refractivity contribution in [2.24, 2.45) is 4.99 Å². The number of aliphatic imine (C=N–C) groups is 1. The molecular formula is C61H67Cl2FN12O5S. The van der Waals surface area contributed by atoms with Crippen LogP contribution in [0.3, 0.4) is 0 Å². The summed E-state index contributed by atoms with van der Waals surface area (Å²) in [5, 5.41) is 5.45. The van der Waals surface area contributed by atoms with Crippen LogP contribution in [0.25, 0.3) is 16.6 Å². The van der Waals surface area contributed by atoms with Crippen LogP contribution in [0.5, 0.6) is 11.5 Å². The summed E-state index contributed by atoms with van der Waals surface area (Å²) in [7, 11) is -1.54. The summed E-state index contributed by atoms with van der Waals surface area (Å²) in [4.78, 5) is 51.3. The van der Waals surface area contributed by atoms with E-state index in [-0.39, 0.29) is 28.9 Å². The number of aromatic nitrogens is 3. The van der Waals surface area contributed by atoms with Crippen LogP contribution in [0, 0.1) is 5.82 Å². The van der Waals surface area contributed by atoms with Crippen molar-refractivity contribution in [3.63, 3.8) is 0 Å². The Bertz CT molecular complexity index is 3530. The number of unbranched alkanes of at least 4 members (excludes halogenated alkanes) is 1. The van der Waals surface area contributed by atoms with Crippen molar-refractivity contribution in [3.8, 4) is 17.2 Å². The summed E-state index contributed by atoms with van der Waals surface area (Å²) in [6.07, 6.45) is 9.34. The minimum absolute atomic E-state index is 0.0559. The largest absolute Gasteiger partial charge is 0.454 e. The number of rotatable bonds is 11. The number of halogens is 3. The van der Waals surface area contributed by atoms with Gasteiger partial charge < -0.3 is 39.1 Å². The molecule has 0 atom stereocenters.